The Labute approximate surface area is 111 Å². The highest BCUT2D eigenvalue weighted by Crippen LogP contribution is 2.34. The van der Waals surface area contributed by atoms with E-state index in [1.165, 1.54) is 7.05 Å². The summed E-state index contributed by atoms with van der Waals surface area (Å²) >= 11 is 0. The Morgan fingerprint density at radius 2 is 2.10 bits per heavy atom. The van der Waals surface area contributed by atoms with Crippen LogP contribution in [0.1, 0.15) is 0 Å². The van der Waals surface area contributed by atoms with Gasteiger partial charge in [0.05, 0.1) is 11.1 Å². The Kier molecular flexibility index (Phi) is 3.69. The standard InChI is InChI=1S/C11H8F2N4O3/c1-14-11-15-5-7(13)10(16-11)20-9-6(12)3-2-4-8(9)17(18)19/h2-5H,1H3,(H,14,15,16). The smallest absolute Gasteiger partial charge is 0.314 e. The number of nitro benzene ring substituents is 1. The van der Waals surface area contributed by atoms with E-state index in [-0.39, 0.29) is 5.95 Å². The second-order valence-corrected chi connectivity index (χ2v) is 3.54. The number of nitrogens with one attached hydrogen (secondary N) is 1. The molecule has 0 amide bonds. The van der Waals surface area contributed by atoms with Crippen LogP contribution in [-0.4, -0.2) is 21.9 Å². The zero-order chi connectivity index (χ0) is 14.7. The lowest BCUT2D eigenvalue weighted by Crippen LogP contribution is -2.02. The summed E-state index contributed by atoms with van der Waals surface area (Å²) in [6, 6.07) is 3.15. The lowest BCUT2D eigenvalue weighted by atomic mass is 10.3. The van der Waals surface area contributed by atoms with E-state index in [1.54, 1.807) is 0 Å². The van der Waals surface area contributed by atoms with Crippen LogP contribution in [0, 0.1) is 21.7 Å². The number of halogens is 2. The summed E-state index contributed by atoms with van der Waals surface area (Å²) in [7, 11) is 1.49. The van der Waals surface area contributed by atoms with Crippen LogP contribution in [0.2, 0.25) is 0 Å². The number of ether oxygens (including phenoxy) is 1. The maximum Gasteiger partial charge on any atom is 0.314 e. The molecular formula is C11H8F2N4O3. The van der Waals surface area contributed by atoms with Crippen molar-refractivity contribution in [3.63, 3.8) is 0 Å². The van der Waals surface area contributed by atoms with Crippen LogP contribution in [-0.2, 0) is 0 Å². The Morgan fingerprint density at radius 1 is 1.35 bits per heavy atom. The summed E-state index contributed by atoms with van der Waals surface area (Å²) in [4.78, 5) is 17.1. The van der Waals surface area contributed by atoms with Crippen molar-refractivity contribution in [2.45, 2.75) is 0 Å². The number of nitro groups is 1. The first kappa shape index (κ1) is 13.6. The Hall–Kier alpha value is -2.84. The van der Waals surface area contributed by atoms with Gasteiger partial charge in [-0.3, -0.25) is 10.1 Å². The van der Waals surface area contributed by atoms with Crippen LogP contribution in [0.3, 0.4) is 0 Å². The van der Waals surface area contributed by atoms with Crippen molar-refractivity contribution in [2.24, 2.45) is 0 Å². The normalized spacial score (nSPS) is 10.2. The second kappa shape index (κ2) is 5.43. The van der Waals surface area contributed by atoms with Gasteiger partial charge in [-0.15, -0.1) is 0 Å². The number of aromatic nitrogens is 2. The minimum absolute atomic E-state index is 0.0281. The van der Waals surface area contributed by atoms with Gasteiger partial charge in [-0.05, 0) is 6.07 Å². The van der Waals surface area contributed by atoms with Gasteiger partial charge in [-0.1, -0.05) is 6.07 Å². The highest BCUT2D eigenvalue weighted by atomic mass is 19.1. The highest BCUT2D eigenvalue weighted by molar-refractivity contribution is 5.48. The molecule has 0 spiro atoms. The zero-order valence-corrected chi connectivity index (χ0v) is 10.1. The van der Waals surface area contributed by atoms with Crippen molar-refractivity contribution in [3.05, 3.63) is 46.1 Å². The molecular weight excluding hydrogens is 274 g/mol. The fourth-order valence-corrected chi connectivity index (χ4v) is 1.38. The van der Waals surface area contributed by atoms with Gasteiger partial charge in [-0.25, -0.2) is 9.37 Å². The molecule has 1 heterocycles. The number of hydrogen-bond donors (Lipinski definition) is 1. The third-order valence-electron chi connectivity index (χ3n) is 2.28. The van der Waals surface area contributed by atoms with Gasteiger partial charge in [0.25, 0.3) is 5.88 Å². The summed E-state index contributed by atoms with van der Waals surface area (Å²) in [6.45, 7) is 0. The number of nitrogens with zero attached hydrogens (tertiary/aromatic N) is 3. The third kappa shape index (κ3) is 2.60. The van der Waals surface area contributed by atoms with Gasteiger partial charge in [0.2, 0.25) is 17.5 Å². The predicted molar refractivity (Wildman–Crippen MR) is 64.7 cm³/mol. The van der Waals surface area contributed by atoms with E-state index < -0.39 is 33.9 Å². The molecule has 2 aromatic rings. The molecule has 0 unspecified atom stereocenters. The maximum atomic E-state index is 13.6. The molecule has 104 valence electrons. The molecule has 20 heavy (non-hydrogen) atoms. The number of hydrogen-bond acceptors (Lipinski definition) is 6. The van der Waals surface area contributed by atoms with Crippen LogP contribution in [0.4, 0.5) is 20.4 Å². The van der Waals surface area contributed by atoms with Gasteiger partial charge in [0, 0.05) is 13.1 Å². The van der Waals surface area contributed by atoms with E-state index in [9.17, 15) is 18.9 Å². The average molecular weight is 282 g/mol. The van der Waals surface area contributed by atoms with Gasteiger partial charge in [0.1, 0.15) is 0 Å². The summed E-state index contributed by atoms with van der Waals surface area (Å²) in [5.41, 5.74) is -0.631. The van der Waals surface area contributed by atoms with Crippen molar-refractivity contribution in [3.8, 4) is 11.6 Å². The van der Waals surface area contributed by atoms with E-state index in [2.05, 4.69) is 15.3 Å². The zero-order valence-electron chi connectivity index (χ0n) is 10.1. The Morgan fingerprint density at radius 3 is 2.75 bits per heavy atom. The van der Waals surface area contributed by atoms with Crippen molar-refractivity contribution in [1.82, 2.24) is 9.97 Å². The Balaban J connectivity index is 2.47. The topological polar surface area (TPSA) is 90.2 Å². The summed E-state index contributed by atoms with van der Waals surface area (Å²) in [5, 5.41) is 13.3. The summed E-state index contributed by atoms with van der Waals surface area (Å²) in [5.74, 6) is -3.26. The number of para-hydroxylation sites is 1. The fourth-order valence-electron chi connectivity index (χ4n) is 1.38. The van der Waals surface area contributed by atoms with Crippen LogP contribution in [0.15, 0.2) is 24.4 Å². The van der Waals surface area contributed by atoms with E-state index in [0.29, 0.717) is 0 Å². The summed E-state index contributed by atoms with van der Waals surface area (Å²) < 4.78 is 32.0. The van der Waals surface area contributed by atoms with Crippen molar-refractivity contribution >= 4 is 11.6 Å². The molecule has 7 nitrogen and oxygen atoms in total. The van der Waals surface area contributed by atoms with E-state index in [1.807, 2.05) is 0 Å². The van der Waals surface area contributed by atoms with E-state index in [0.717, 1.165) is 24.4 Å². The largest absolute Gasteiger partial charge is 0.426 e. The lowest BCUT2D eigenvalue weighted by molar-refractivity contribution is -0.385. The van der Waals surface area contributed by atoms with Crippen molar-refractivity contribution < 1.29 is 18.4 Å². The fraction of sp³-hybridized carbons (Fsp3) is 0.0909. The van der Waals surface area contributed by atoms with Crippen molar-refractivity contribution in [2.75, 3.05) is 12.4 Å². The van der Waals surface area contributed by atoms with Gasteiger partial charge < -0.3 is 10.1 Å². The molecule has 0 atom stereocenters. The molecule has 9 heteroatoms. The Bertz CT molecular complexity index is 666. The SMILES string of the molecule is CNc1ncc(F)c(Oc2c(F)cccc2[N+](=O)[O-])n1. The first-order chi connectivity index (χ1) is 9.52. The molecule has 0 aliphatic rings. The second-order valence-electron chi connectivity index (χ2n) is 3.54. The third-order valence-corrected chi connectivity index (χ3v) is 2.28. The first-order valence-corrected chi connectivity index (χ1v) is 5.34. The molecule has 1 aromatic heterocycles. The molecule has 0 fully saturated rings. The minimum atomic E-state index is -0.997. The molecule has 0 bridgehead atoms. The number of benzene rings is 1. The van der Waals surface area contributed by atoms with Crippen LogP contribution >= 0.6 is 0 Å². The van der Waals surface area contributed by atoms with Crippen molar-refractivity contribution in [1.29, 1.82) is 0 Å². The van der Waals surface area contributed by atoms with E-state index in [4.69, 9.17) is 4.74 Å². The molecule has 1 N–H and O–H groups in total. The summed E-state index contributed by atoms with van der Waals surface area (Å²) in [6.07, 6.45) is 0.806. The quantitative estimate of drug-likeness (QED) is 0.684. The molecule has 0 aliphatic carbocycles. The van der Waals surface area contributed by atoms with Gasteiger partial charge >= 0.3 is 5.69 Å². The first-order valence-electron chi connectivity index (χ1n) is 5.34. The highest BCUT2D eigenvalue weighted by Gasteiger charge is 2.22. The monoisotopic (exact) mass is 282 g/mol. The average Bonchev–Trinajstić information content (AvgIpc) is 2.43. The molecule has 0 saturated carbocycles. The van der Waals surface area contributed by atoms with Gasteiger partial charge in [0.15, 0.2) is 5.82 Å². The number of rotatable bonds is 4. The molecule has 1 aromatic carbocycles. The van der Waals surface area contributed by atoms with E-state index >= 15 is 0 Å². The maximum absolute atomic E-state index is 13.6. The lowest BCUT2D eigenvalue weighted by Gasteiger charge is -2.08. The molecule has 2 rings (SSSR count). The van der Waals surface area contributed by atoms with Crippen LogP contribution in [0.5, 0.6) is 11.6 Å². The molecule has 0 saturated heterocycles. The van der Waals surface area contributed by atoms with Crippen LogP contribution in [0.25, 0.3) is 0 Å². The number of anilines is 1. The predicted octanol–water partition coefficient (Wildman–Crippen LogP) is 2.50. The minimum Gasteiger partial charge on any atom is -0.426 e. The molecule has 0 radical (unpaired) electrons. The molecule has 0 aliphatic heterocycles. The van der Waals surface area contributed by atoms with Crippen LogP contribution < -0.4 is 10.1 Å². The van der Waals surface area contributed by atoms with Gasteiger partial charge in [-0.2, -0.15) is 9.37 Å².